The summed E-state index contributed by atoms with van der Waals surface area (Å²) in [6.45, 7) is 3.49. The molecule has 0 atom stereocenters. The van der Waals surface area contributed by atoms with Gasteiger partial charge in [-0.25, -0.2) is 0 Å². The Morgan fingerprint density at radius 3 is 2.50 bits per heavy atom. The second-order valence-electron chi connectivity index (χ2n) is 5.39. The average Bonchev–Trinajstić information content (AvgIpc) is 2.80. The summed E-state index contributed by atoms with van der Waals surface area (Å²) >= 11 is 1.43. The summed E-state index contributed by atoms with van der Waals surface area (Å²) in [5.41, 5.74) is 8.43. The lowest BCUT2D eigenvalue weighted by Crippen LogP contribution is -2.17. The van der Waals surface area contributed by atoms with Gasteiger partial charge in [0.1, 0.15) is 0 Å². The van der Waals surface area contributed by atoms with Crippen LogP contribution in [0.5, 0.6) is 0 Å². The van der Waals surface area contributed by atoms with E-state index in [9.17, 15) is 5.11 Å². The second kappa shape index (κ2) is 4.58. The highest BCUT2D eigenvalue weighted by atomic mass is 32.1. The number of nitrogens with zero attached hydrogens (tertiary/aromatic N) is 1. The van der Waals surface area contributed by atoms with Gasteiger partial charge in [0.05, 0.1) is 16.0 Å². The molecule has 0 spiro atoms. The smallest absolute Gasteiger partial charge is 0.0919 e. The third-order valence-corrected chi connectivity index (χ3v) is 4.16. The van der Waals surface area contributed by atoms with Crippen LogP contribution >= 0.6 is 11.5 Å². The van der Waals surface area contributed by atoms with Crippen LogP contribution in [0.2, 0.25) is 0 Å². The predicted octanol–water partition coefficient (Wildman–Crippen LogP) is 3.77. The summed E-state index contributed by atoms with van der Waals surface area (Å²) in [6, 6.07) is 13.9. The van der Waals surface area contributed by atoms with Crippen molar-refractivity contribution < 1.29 is 5.11 Å². The number of hydrogen-bond acceptors (Lipinski definition) is 4. The molecule has 0 aliphatic carbocycles. The zero-order chi connectivity index (χ0) is 14.3. The van der Waals surface area contributed by atoms with Crippen molar-refractivity contribution in [3.8, 4) is 11.3 Å². The Kier molecular flexibility index (Phi) is 3.00. The van der Waals surface area contributed by atoms with E-state index in [1.54, 1.807) is 13.8 Å². The Balaban J connectivity index is 2.27. The molecular formula is C16H16N2OS. The third kappa shape index (κ3) is 2.17. The normalized spacial score (nSPS) is 11.9. The first-order chi connectivity index (χ1) is 9.47. The summed E-state index contributed by atoms with van der Waals surface area (Å²) in [7, 11) is 0. The maximum atomic E-state index is 10.2. The van der Waals surface area contributed by atoms with E-state index in [0.29, 0.717) is 5.69 Å². The summed E-state index contributed by atoms with van der Waals surface area (Å²) < 4.78 is 5.57. The lowest BCUT2D eigenvalue weighted by atomic mass is 9.94. The van der Waals surface area contributed by atoms with Crippen LogP contribution in [0.25, 0.3) is 21.3 Å². The Hall–Kier alpha value is -1.91. The minimum absolute atomic E-state index is 0.605. The molecule has 0 aliphatic rings. The Labute approximate surface area is 121 Å². The number of fused-ring (bicyclic) bond motifs is 1. The van der Waals surface area contributed by atoms with E-state index in [1.165, 1.54) is 11.5 Å². The SMILES string of the molecule is CC(C)(O)c1cc2c(-c3ccccc3)nsc2cc1N. The van der Waals surface area contributed by atoms with E-state index < -0.39 is 5.60 Å². The van der Waals surface area contributed by atoms with Crippen LogP contribution in [-0.4, -0.2) is 9.48 Å². The van der Waals surface area contributed by atoms with Gasteiger partial charge in [-0.2, -0.15) is 4.37 Å². The quantitative estimate of drug-likeness (QED) is 0.704. The van der Waals surface area contributed by atoms with Crippen molar-refractivity contribution in [2.75, 3.05) is 5.73 Å². The molecule has 3 N–H and O–H groups in total. The molecule has 0 bridgehead atoms. The summed E-state index contributed by atoms with van der Waals surface area (Å²) in [5, 5.41) is 11.3. The van der Waals surface area contributed by atoms with Crippen molar-refractivity contribution in [2.45, 2.75) is 19.4 Å². The fraction of sp³-hybridized carbons (Fsp3) is 0.188. The van der Waals surface area contributed by atoms with Gasteiger partial charge in [-0.15, -0.1) is 0 Å². The van der Waals surface area contributed by atoms with Crippen molar-refractivity contribution in [2.24, 2.45) is 0 Å². The van der Waals surface area contributed by atoms with Crippen molar-refractivity contribution in [3.63, 3.8) is 0 Å². The molecule has 0 unspecified atom stereocenters. The first kappa shape index (κ1) is 13.1. The van der Waals surface area contributed by atoms with Gasteiger partial charge in [-0.05, 0) is 37.5 Å². The van der Waals surface area contributed by atoms with Crippen molar-refractivity contribution >= 4 is 27.3 Å². The minimum Gasteiger partial charge on any atom is -0.398 e. The molecule has 2 aromatic carbocycles. The van der Waals surface area contributed by atoms with E-state index in [2.05, 4.69) is 4.37 Å². The number of aromatic nitrogens is 1. The van der Waals surface area contributed by atoms with Crippen LogP contribution in [-0.2, 0) is 5.60 Å². The first-order valence-electron chi connectivity index (χ1n) is 6.44. The average molecular weight is 284 g/mol. The lowest BCUT2D eigenvalue weighted by molar-refractivity contribution is 0.0795. The van der Waals surface area contributed by atoms with Crippen LogP contribution in [0.1, 0.15) is 19.4 Å². The Bertz CT molecular complexity index is 757. The molecule has 0 radical (unpaired) electrons. The second-order valence-corrected chi connectivity index (χ2v) is 6.20. The first-order valence-corrected chi connectivity index (χ1v) is 7.21. The fourth-order valence-corrected chi connectivity index (χ4v) is 3.16. The van der Waals surface area contributed by atoms with Crippen molar-refractivity contribution in [1.29, 1.82) is 0 Å². The molecule has 0 fully saturated rings. The van der Waals surface area contributed by atoms with Gasteiger partial charge >= 0.3 is 0 Å². The van der Waals surface area contributed by atoms with Crippen LogP contribution in [0.4, 0.5) is 5.69 Å². The number of rotatable bonds is 2. The maximum absolute atomic E-state index is 10.2. The van der Waals surface area contributed by atoms with Gasteiger partial charge in [0.2, 0.25) is 0 Å². The van der Waals surface area contributed by atoms with Crippen LogP contribution in [0.3, 0.4) is 0 Å². The summed E-state index contributed by atoms with van der Waals surface area (Å²) in [5.74, 6) is 0. The van der Waals surface area contributed by atoms with E-state index in [1.807, 2.05) is 42.5 Å². The summed E-state index contributed by atoms with van der Waals surface area (Å²) in [6.07, 6.45) is 0. The molecule has 0 aliphatic heterocycles. The van der Waals surface area contributed by atoms with Crippen molar-refractivity contribution in [1.82, 2.24) is 4.37 Å². The highest BCUT2D eigenvalue weighted by Gasteiger charge is 2.21. The number of hydrogen-bond donors (Lipinski definition) is 2. The largest absolute Gasteiger partial charge is 0.398 e. The Morgan fingerprint density at radius 2 is 1.85 bits per heavy atom. The van der Waals surface area contributed by atoms with Crippen LogP contribution in [0.15, 0.2) is 42.5 Å². The number of anilines is 1. The molecule has 1 heterocycles. The highest BCUT2D eigenvalue weighted by molar-refractivity contribution is 7.13. The number of nitrogen functional groups attached to an aromatic ring is 1. The number of nitrogens with two attached hydrogens (primary N) is 1. The van der Waals surface area contributed by atoms with Gasteiger partial charge in [-0.3, -0.25) is 0 Å². The van der Waals surface area contributed by atoms with E-state index in [4.69, 9.17) is 5.73 Å². The molecule has 3 nitrogen and oxygen atoms in total. The van der Waals surface area contributed by atoms with Crippen LogP contribution in [0, 0.1) is 0 Å². The molecular weight excluding hydrogens is 268 g/mol. The highest BCUT2D eigenvalue weighted by Crippen LogP contribution is 2.36. The number of benzene rings is 2. The standard InChI is InChI=1S/C16H16N2OS/c1-16(2,19)12-8-11-14(9-13(12)17)20-18-15(11)10-6-4-3-5-7-10/h3-9,19H,17H2,1-2H3. The van der Waals surface area contributed by atoms with E-state index in [-0.39, 0.29) is 0 Å². The molecule has 1 aromatic heterocycles. The fourth-order valence-electron chi connectivity index (χ4n) is 2.33. The topological polar surface area (TPSA) is 59.1 Å². The van der Waals surface area contributed by atoms with Gasteiger partial charge in [0.25, 0.3) is 0 Å². The zero-order valence-electron chi connectivity index (χ0n) is 11.4. The minimum atomic E-state index is -0.964. The molecule has 4 heteroatoms. The van der Waals surface area contributed by atoms with Gasteiger partial charge in [0, 0.05) is 22.2 Å². The molecule has 3 rings (SSSR count). The Morgan fingerprint density at radius 1 is 1.15 bits per heavy atom. The van der Waals surface area contributed by atoms with Gasteiger partial charge < -0.3 is 10.8 Å². The monoisotopic (exact) mass is 284 g/mol. The molecule has 3 aromatic rings. The lowest BCUT2D eigenvalue weighted by Gasteiger charge is -2.20. The van der Waals surface area contributed by atoms with E-state index in [0.717, 1.165) is 26.9 Å². The van der Waals surface area contributed by atoms with E-state index >= 15 is 0 Å². The molecule has 0 saturated heterocycles. The molecule has 20 heavy (non-hydrogen) atoms. The summed E-state index contributed by atoms with van der Waals surface area (Å²) in [4.78, 5) is 0. The van der Waals surface area contributed by atoms with Gasteiger partial charge in [0.15, 0.2) is 0 Å². The van der Waals surface area contributed by atoms with Crippen molar-refractivity contribution in [3.05, 3.63) is 48.0 Å². The maximum Gasteiger partial charge on any atom is 0.0919 e. The van der Waals surface area contributed by atoms with Gasteiger partial charge in [-0.1, -0.05) is 30.3 Å². The molecule has 0 saturated carbocycles. The molecule has 102 valence electrons. The predicted molar refractivity (Wildman–Crippen MR) is 84.7 cm³/mol. The van der Waals surface area contributed by atoms with Crippen LogP contribution < -0.4 is 5.73 Å². The number of aliphatic hydroxyl groups is 1. The zero-order valence-corrected chi connectivity index (χ0v) is 12.2. The third-order valence-electron chi connectivity index (χ3n) is 3.35. The molecule has 0 amide bonds.